The number of ether oxygens (including phenoxy) is 2. The number of hydrogen-bond acceptors (Lipinski definition) is 3. The van der Waals surface area contributed by atoms with Crippen molar-refractivity contribution < 1.29 is 9.47 Å². The highest BCUT2D eigenvalue weighted by Gasteiger charge is 2.12. The fourth-order valence-electron chi connectivity index (χ4n) is 3.02. The highest BCUT2D eigenvalue weighted by molar-refractivity contribution is 6.35. The van der Waals surface area contributed by atoms with E-state index in [9.17, 15) is 0 Å². The van der Waals surface area contributed by atoms with Crippen LogP contribution in [0, 0.1) is 0 Å². The van der Waals surface area contributed by atoms with Crippen molar-refractivity contribution in [2.24, 2.45) is 0 Å². The van der Waals surface area contributed by atoms with Gasteiger partial charge in [-0.15, -0.1) is 0 Å². The maximum absolute atomic E-state index is 6.10. The topological polar surface area (TPSA) is 47.1 Å². The quantitative estimate of drug-likeness (QED) is 0.377. The second-order valence-corrected chi connectivity index (χ2v) is 7.31. The lowest BCUT2D eigenvalue weighted by atomic mass is 10.1. The van der Waals surface area contributed by atoms with E-state index in [1.807, 2.05) is 60.7 Å². The van der Waals surface area contributed by atoms with Crippen LogP contribution in [0.4, 0.5) is 0 Å². The van der Waals surface area contributed by atoms with Crippen molar-refractivity contribution in [1.82, 2.24) is 9.97 Å². The number of methoxy groups -OCH3 is 1. The number of imidazole rings is 1. The summed E-state index contributed by atoms with van der Waals surface area (Å²) in [5.41, 5.74) is 3.62. The standard InChI is InChI=1S/C23H18Cl2N2O2/c1-28-22-12-19(29-14-15-5-3-2-4-6-15)7-8-20(22)21-13-26-23(27-21)16-9-17(24)11-18(25)10-16/h2-13H,14H2,1H3,(H,26,27). The van der Waals surface area contributed by atoms with Gasteiger partial charge in [-0.2, -0.15) is 0 Å². The van der Waals surface area contributed by atoms with Crippen LogP contribution in [0.1, 0.15) is 5.56 Å². The molecule has 4 rings (SSSR count). The average Bonchev–Trinajstić information content (AvgIpc) is 3.22. The molecule has 0 saturated carbocycles. The Morgan fingerprint density at radius 2 is 1.69 bits per heavy atom. The normalized spacial score (nSPS) is 10.7. The van der Waals surface area contributed by atoms with E-state index in [0.717, 1.165) is 28.1 Å². The third kappa shape index (κ3) is 4.56. The van der Waals surface area contributed by atoms with E-state index in [1.54, 1.807) is 19.4 Å². The van der Waals surface area contributed by atoms with Crippen molar-refractivity contribution >= 4 is 23.2 Å². The molecule has 1 aromatic heterocycles. The van der Waals surface area contributed by atoms with Crippen LogP contribution in [0.3, 0.4) is 0 Å². The Labute approximate surface area is 179 Å². The van der Waals surface area contributed by atoms with Crippen molar-refractivity contribution in [3.8, 4) is 34.1 Å². The summed E-state index contributed by atoms with van der Waals surface area (Å²) in [5, 5.41) is 1.12. The number of H-pyrrole nitrogens is 1. The zero-order chi connectivity index (χ0) is 20.2. The summed E-state index contributed by atoms with van der Waals surface area (Å²) in [6.07, 6.45) is 1.76. The van der Waals surface area contributed by atoms with Gasteiger partial charge in [-0.25, -0.2) is 4.98 Å². The summed E-state index contributed by atoms with van der Waals surface area (Å²) in [6.45, 7) is 0.493. The van der Waals surface area contributed by atoms with E-state index in [-0.39, 0.29) is 0 Å². The molecule has 4 nitrogen and oxygen atoms in total. The molecule has 0 radical (unpaired) electrons. The fraction of sp³-hybridized carbons (Fsp3) is 0.0870. The zero-order valence-electron chi connectivity index (χ0n) is 15.7. The number of rotatable bonds is 6. The Morgan fingerprint density at radius 1 is 0.931 bits per heavy atom. The van der Waals surface area contributed by atoms with Gasteiger partial charge in [0.25, 0.3) is 0 Å². The minimum absolute atomic E-state index is 0.493. The predicted molar refractivity (Wildman–Crippen MR) is 117 cm³/mol. The number of nitrogens with one attached hydrogen (secondary N) is 1. The molecule has 0 bridgehead atoms. The zero-order valence-corrected chi connectivity index (χ0v) is 17.2. The van der Waals surface area contributed by atoms with Gasteiger partial charge >= 0.3 is 0 Å². The number of aromatic nitrogens is 2. The van der Waals surface area contributed by atoms with Gasteiger partial charge in [0.1, 0.15) is 23.9 Å². The first-order chi connectivity index (χ1) is 14.1. The van der Waals surface area contributed by atoms with Crippen LogP contribution in [-0.4, -0.2) is 17.1 Å². The smallest absolute Gasteiger partial charge is 0.137 e. The molecule has 0 fully saturated rings. The SMILES string of the molecule is COc1cc(OCc2ccccc2)ccc1-c1cnc(-c2cc(Cl)cc(Cl)c2)[nH]1. The highest BCUT2D eigenvalue weighted by atomic mass is 35.5. The molecule has 1 N–H and O–H groups in total. The van der Waals surface area contributed by atoms with Gasteiger partial charge in [-0.1, -0.05) is 53.5 Å². The summed E-state index contributed by atoms with van der Waals surface area (Å²) in [7, 11) is 1.63. The molecule has 0 atom stereocenters. The van der Waals surface area contributed by atoms with Crippen molar-refractivity contribution in [3.05, 3.63) is 88.5 Å². The molecule has 1 heterocycles. The molecule has 0 spiro atoms. The van der Waals surface area contributed by atoms with Crippen molar-refractivity contribution in [2.75, 3.05) is 7.11 Å². The molecule has 4 aromatic rings. The fourth-order valence-corrected chi connectivity index (χ4v) is 3.55. The summed E-state index contributed by atoms with van der Waals surface area (Å²) in [4.78, 5) is 7.76. The minimum Gasteiger partial charge on any atom is -0.496 e. The Bertz CT molecular complexity index is 1110. The molecule has 146 valence electrons. The summed E-state index contributed by atoms with van der Waals surface area (Å²) < 4.78 is 11.5. The average molecular weight is 425 g/mol. The van der Waals surface area contributed by atoms with E-state index >= 15 is 0 Å². The van der Waals surface area contributed by atoms with Gasteiger partial charge in [0.05, 0.1) is 19.0 Å². The first-order valence-electron chi connectivity index (χ1n) is 8.99. The Balaban J connectivity index is 1.58. The van der Waals surface area contributed by atoms with Gasteiger partial charge in [-0.05, 0) is 35.9 Å². The molecular weight excluding hydrogens is 407 g/mol. The molecular formula is C23H18Cl2N2O2. The van der Waals surface area contributed by atoms with Crippen LogP contribution >= 0.6 is 23.2 Å². The number of benzene rings is 3. The second-order valence-electron chi connectivity index (χ2n) is 6.44. The van der Waals surface area contributed by atoms with Crippen LogP contribution in [0.2, 0.25) is 10.0 Å². The van der Waals surface area contributed by atoms with Gasteiger partial charge in [0, 0.05) is 27.2 Å². The molecule has 3 aromatic carbocycles. The first-order valence-corrected chi connectivity index (χ1v) is 9.74. The molecule has 29 heavy (non-hydrogen) atoms. The third-order valence-electron chi connectivity index (χ3n) is 4.42. The predicted octanol–water partition coefficient (Wildman–Crippen LogP) is 6.64. The molecule has 0 aliphatic rings. The largest absolute Gasteiger partial charge is 0.496 e. The summed E-state index contributed by atoms with van der Waals surface area (Å²) in [5.74, 6) is 2.10. The van der Waals surface area contributed by atoms with Gasteiger partial charge in [0.15, 0.2) is 0 Å². The van der Waals surface area contributed by atoms with Crippen LogP contribution in [-0.2, 0) is 6.61 Å². The van der Waals surface area contributed by atoms with Crippen LogP contribution < -0.4 is 9.47 Å². The number of hydrogen-bond donors (Lipinski definition) is 1. The van der Waals surface area contributed by atoms with Crippen LogP contribution in [0.5, 0.6) is 11.5 Å². The lowest BCUT2D eigenvalue weighted by molar-refractivity contribution is 0.304. The number of nitrogens with zero attached hydrogens (tertiary/aromatic N) is 1. The highest BCUT2D eigenvalue weighted by Crippen LogP contribution is 2.34. The van der Waals surface area contributed by atoms with Crippen molar-refractivity contribution in [2.45, 2.75) is 6.61 Å². The minimum atomic E-state index is 0.493. The molecule has 0 saturated heterocycles. The summed E-state index contributed by atoms with van der Waals surface area (Å²) in [6, 6.07) is 21.1. The molecule has 6 heteroatoms. The first kappa shape index (κ1) is 19.4. The Morgan fingerprint density at radius 3 is 2.41 bits per heavy atom. The summed E-state index contributed by atoms with van der Waals surface area (Å²) >= 11 is 12.2. The molecule has 0 aliphatic heterocycles. The lowest BCUT2D eigenvalue weighted by Gasteiger charge is -2.11. The Kier molecular flexibility index (Phi) is 5.74. The second kappa shape index (κ2) is 8.60. The van der Waals surface area contributed by atoms with Crippen molar-refractivity contribution in [3.63, 3.8) is 0 Å². The number of halogens is 2. The third-order valence-corrected chi connectivity index (χ3v) is 4.86. The van der Waals surface area contributed by atoms with E-state index in [2.05, 4.69) is 9.97 Å². The van der Waals surface area contributed by atoms with Crippen molar-refractivity contribution in [1.29, 1.82) is 0 Å². The molecule has 0 amide bonds. The molecule has 0 aliphatic carbocycles. The van der Waals surface area contributed by atoms with Gasteiger partial charge < -0.3 is 14.5 Å². The van der Waals surface area contributed by atoms with E-state index in [0.29, 0.717) is 28.2 Å². The van der Waals surface area contributed by atoms with E-state index in [4.69, 9.17) is 32.7 Å². The molecule has 0 unspecified atom stereocenters. The maximum Gasteiger partial charge on any atom is 0.137 e. The van der Waals surface area contributed by atoms with Crippen LogP contribution in [0.15, 0.2) is 72.9 Å². The van der Waals surface area contributed by atoms with E-state index in [1.165, 1.54) is 0 Å². The monoisotopic (exact) mass is 424 g/mol. The van der Waals surface area contributed by atoms with E-state index < -0.39 is 0 Å². The maximum atomic E-state index is 6.10. The van der Waals surface area contributed by atoms with Crippen LogP contribution in [0.25, 0.3) is 22.6 Å². The van der Waals surface area contributed by atoms with Gasteiger partial charge in [-0.3, -0.25) is 0 Å². The Hall–Kier alpha value is -2.95. The van der Waals surface area contributed by atoms with Gasteiger partial charge in [0.2, 0.25) is 0 Å². The number of aromatic amines is 1. The lowest BCUT2D eigenvalue weighted by Crippen LogP contribution is -1.96.